The Morgan fingerprint density at radius 1 is 1.10 bits per heavy atom. The molecule has 2 N–H and O–H groups in total. The maximum Gasteiger partial charge on any atom is 0.290 e. The van der Waals surface area contributed by atoms with Crippen molar-refractivity contribution >= 4 is 28.7 Å². The van der Waals surface area contributed by atoms with Gasteiger partial charge in [0.15, 0.2) is 11.5 Å². The lowest BCUT2D eigenvalue weighted by Gasteiger charge is -2.29. The number of aromatic nitrogens is 5. The SMILES string of the molecule is Cc1cccc(-c2ccn(-c3cc(N4CCOCC4)c4nc(C(=O)N5CCC(F)(C(N)=O)C5)n(C)c4n3)n2)c1. The fraction of sp³-hybridized carbons (Fsp3) is 0.370. The van der Waals surface area contributed by atoms with Gasteiger partial charge in [-0.1, -0.05) is 23.8 Å². The molecule has 4 aromatic rings. The number of nitrogens with two attached hydrogens (primary N) is 1. The molecule has 1 aromatic carbocycles. The number of nitrogens with zero attached hydrogens (tertiary/aromatic N) is 7. The van der Waals surface area contributed by atoms with E-state index in [4.69, 9.17) is 20.6 Å². The van der Waals surface area contributed by atoms with E-state index < -0.39 is 24.0 Å². The predicted octanol–water partition coefficient (Wildman–Crippen LogP) is 2.01. The number of morpholine rings is 1. The molecule has 3 aromatic heterocycles. The summed E-state index contributed by atoms with van der Waals surface area (Å²) in [4.78, 5) is 38.0. The zero-order valence-corrected chi connectivity index (χ0v) is 21.8. The standard InChI is InChI=1S/C27H29FN8O3/c1-17-4-3-5-18(14-17)19-6-8-36(32-19)21-15-20(34-10-12-39-13-11-34)22-23(30-21)33(2)24(31-22)25(37)35-9-7-27(28,16-35)26(29)38/h3-6,8,14-15H,7,9-13,16H2,1-2H3,(H2,29,38). The van der Waals surface area contributed by atoms with Crippen LogP contribution >= 0.6 is 0 Å². The van der Waals surface area contributed by atoms with Crippen LogP contribution in [0, 0.1) is 6.92 Å². The first-order chi connectivity index (χ1) is 18.7. The number of likely N-dealkylation sites (tertiary alicyclic amines) is 1. The molecular formula is C27H29FN8O3. The number of carbonyl (C=O) groups excluding carboxylic acids is 2. The fourth-order valence-corrected chi connectivity index (χ4v) is 5.17. The number of rotatable bonds is 5. The molecule has 2 aliphatic heterocycles. The van der Waals surface area contributed by atoms with E-state index in [2.05, 4.69) is 16.0 Å². The molecule has 0 spiro atoms. The molecule has 2 amide bonds. The summed E-state index contributed by atoms with van der Waals surface area (Å²) in [6, 6.07) is 12.0. The van der Waals surface area contributed by atoms with Crippen molar-refractivity contribution < 1.29 is 18.7 Å². The van der Waals surface area contributed by atoms with Crippen LogP contribution in [0.2, 0.25) is 0 Å². The van der Waals surface area contributed by atoms with Crippen molar-refractivity contribution in [3.63, 3.8) is 0 Å². The summed E-state index contributed by atoms with van der Waals surface area (Å²) in [6.07, 6.45) is 1.72. The summed E-state index contributed by atoms with van der Waals surface area (Å²) in [5.41, 5.74) is 7.81. The van der Waals surface area contributed by atoms with Crippen LogP contribution in [0.3, 0.4) is 0 Å². The van der Waals surface area contributed by atoms with E-state index in [0.29, 0.717) is 43.3 Å². The number of ether oxygens (including phenoxy) is 1. The third-order valence-corrected chi connectivity index (χ3v) is 7.42. The molecule has 39 heavy (non-hydrogen) atoms. The lowest BCUT2D eigenvalue weighted by molar-refractivity contribution is -0.128. The van der Waals surface area contributed by atoms with E-state index in [-0.39, 0.29) is 18.8 Å². The number of amides is 2. The van der Waals surface area contributed by atoms with Crippen molar-refractivity contribution in [2.24, 2.45) is 12.8 Å². The molecule has 2 saturated heterocycles. The third kappa shape index (κ3) is 4.40. The summed E-state index contributed by atoms with van der Waals surface area (Å²) in [5.74, 6) is -0.860. The van der Waals surface area contributed by atoms with Crippen molar-refractivity contribution in [1.82, 2.24) is 29.2 Å². The number of hydrogen-bond acceptors (Lipinski definition) is 7. The van der Waals surface area contributed by atoms with Gasteiger partial charge in [0.1, 0.15) is 5.52 Å². The minimum absolute atomic E-state index is 0.0749. The molecule has 0 bridgehead atoms. The van der Waals surface area contributed by atoms with Crippen LogP contribution in [0.15, 0.2) is 42.6 Å². The molecule has 12 heteroatoms. The van der Waals surface area contributed by atoms with Crippen molar-refractivity contribution in [1.29, 1.82) is 0 Å². The molecule has 0 aliphatic carbocycles. The number of primary amides is 1. The van der Waals surface area contributed by atoms with Crippen molar-refractivity contribution in [3.05, 3.63) is 54.0 Å². The summed E-state index contributed by atoms with van der Waals surface area (Å²) >= 11 is 0. The highest BCUT2D eigenvalue weighted by Crippen LogP contribution is 2.31. The van der Waals surface area contributed by atoms with Gasteiger partial charge in [-0.2, -0.15) is 5.10 Å². The van der Waals surface area contributed by atoms with Crippen LogP contribution in [-0.4, -0.2) is 86.1 Å². The van der Waals surface area contributed by atoms with E-state index >= 15 is 0 Å². The van der Waals surface area contributed by atoms with Crippen LogP contribution < -0.4 is 10.6 Å². The van der Waals surface area contributed by atoms with Crippen LogP contribution in [0.5, 0.6) is 0 Å². The topological polar surface area (TPSA) is 124 Å². The maximum atomic E-state index is 14.8. The smallest absolute Gasteiger partial charge is 0.290 e. The number of pyridine rings is 1. The number of anilines is 1. The van der Waals surface area contributed by atoms with Crippen LogP contribution in [0.4, 0.5) is 10.1 Å². The number of aryl methyl sites for hydroxylation is 2. The predicted molar refractivity (Wildman–Crippen MR) is 142 cm³/mol. The number of benzene rings is 1. The number of halogens is 1. The van der Waals surface area contributed by atoms with Crippen molar-refractivity contribution in [3.8, 4) is 17.1 Å². The Hall–Kier alpha value is -4.32. The summed E-state index contributed by atoms with van der Waals surface area (Å²) in [6.45, 7) is 4.16. The summed E-state index contributed by atoms with van der Waals surface area (Å²) in [7, 11) is 1.70. The largest absolute Gasteiger partial charge is 0.378 e. The highest BCUT2D eigenvalue weighted by atomic mass is 19.1. The molecule has 1 atom stereocenters. The zero-order valence-electron chi connectivity index (χ0n) is 21.8. The van der Waals surface area contributed by atoms with E-state index in [0.717, 1.165) is 22.5 Å². The zero-order chi connectivity index (χ0) is 27.3. The summed E-state index contributed by atoms with van der Waals surface area (Å²) < 4.78 is 23.7. The fourth-order valence-electron chi connectivity index (χ4n) is 5.17. The van der Waals surface area contributed by atoms with E-state index in [9.17, 15) is 14.0 Å². The van der Waals surface area contributed by atoms with Gasteiger partial charge >= 0.3 is 0 Å². The molecule has 5 heterocycles. The second-order valence-corrected chi connectivity index (χ2v) is 10.1. The third-order valence-electron chi connectivity index (χ3n) is 7.42. The minimum Gasteiger partial charge on any atom is -0.378 e. The molecule has 2 fully saturated rings. The second kappa shape index (κ2) is 9.45. The van der Waals surface area contributed by atoms with E-state index in [1.54, 1.807) is 16.3 Å². The Morgan fingerprint density at radius 3 is 2.62 bits per heavy atom. The van der Waals surface area contributed by atoms with Crippen LogP contribution in [0.25, 0.3) is 28.2 Å². The molecule has 202 valence electrons. The van der Waals surface area contributed by atoms with Gasteiger partial charge in [0, 0.05) is 50.9 Å². The number of imidazole rings is 1. The Bertz CT molecular complexity index is 1590. The Morgan fingerprint density at radius 2 is 1.90 bits per heavy atom. The Kier molecular flexibility index (Phi) is 6.06. The maximum absolute atomic E-state index is 14.8. The normalized spacial score (nSPS) is 19.7. The molecule has 0 radical (unpaired) electrons. The first-order valence-corrected chi connectivity index (χ1v) is 12.8. The number of hydrogen-bond donors (Lipinski definition) is 1. The Balaban J connectivity index is 1.42. The molecule has 1 unspecified atom stereocenters. The van der Waals surface area contributed by atoms with Gasteiger partial charge in [0.25, 0.3) is 11.8 Å². The lowest BCUT2D eigenvalue weighted by atomic mass is 10.1. The molecule has 11 nitrogen and oxygen atoms in total. The highest BCUT2D eigenvalue weighted by molar-refractivity contribution is 5.98. The molecular weight excluding hydrogens is 503 g/mol. The number of alkyl halides is 1. The average molecular weight is 533 g/mol. The van der Waals surface area contributed by atoms with Gasteiger partial charge in [0.05, 0.1) is 31.1 Å². The number of fused-ring (bicyclic) bond motifs is 1. The molecule has 6 rings (SSSR count). The summed E-state index contributed by atoms with van der Waals surface area (Å²) in [5, 5.41) is 4.77. The van der Waals surface area contributed by atoms with Crippen LogP contribution in [-0.2, 0) is 16.6 Å². The minimum atomic E-state index is -2.24. The quantitative estimate of drug-likeness (QED) is 0.417. The van der Waals surface area contributed by atoms with Crippen molar-refractivity contribution in [2.75, 3.05) is 44.3 Å². The van der Waals surface area contributed by atoms with Gasteiger partial charge in [-0.05, 0) is 19.1 Å². The second-order valence-electron chi connectivity index (χ2n) is 10.1. The van der Waals surface area contributed by atoms with Gasteiger partial charge < -0.3 is 24.8 Å². The molecule has 0 saturated carbocycles. The van der Waals surface area contributed by atoms with Gasteiger partial charge in [-0.3, -0.25) is 9.59 Å². The van der Waals surface area contributed by atoms with Gasteiger partial charge in [-0.25, -0.2) is 19.0 Å². The highest BCUT2D eigenvalue weighted by Gasteiger charge is 2.46. The van der Waals surface area contributed by atoms with Crippen molar-refractivity contribution in [2.45, 2.75) is 19.0 Å². The van der Waals surface area contributed by atoms with E-state index in [1.807, 2.05) is 43.5 Å². The average Bonchev–Trinajstić information content (AvgIpc) is 3.67. The number of carbonyl (C=O) groups is 2. The first-order valence-electron chi connectivity index (χ1n) is 12.8. The first kappa shape index (κ1) is 25.0. The lowest BCUT2D eigenvalue weighted by Crippen LogP contribution is -2.43. The van der Waals surface area contributed by atoms with Gasteiger partial charge in [0.2, 0.25) is 11.5 Å². The Labute approximate surface area is 224 Å². The van der Waals surface area contributed by atoms with Crippen LogP contribution in [0.1, 0.15) is 22.6 Å². The molecule has 2 aliphatic rings. The van der Waals surface area contributed by atoms with Gasteiger partial charge in [-0.15, -0.1) is 0 Å². The monoisotopic (exact) mass is 532 g/mol. The van der Waals surface area contributed by atoms with E-state index in [1.165, 1.54) is 4.90 Å².